The van der Waals surface area contributed by atoms with Gasteiger partial charge in [0.05, 0.1) is 11.6 Å². The summed E-state index contributed by atoms with van der Waals surface area (Å²) in [5.41, 5.74) is 9.55. The van der Waals surface area contributed by atoms with Crippen molar-refractivity contribution in [2.45, 2.75) is 13.0 Å². The standard InChI is InChI=1S/C20H18N6/c1-13(15-5-2-3-6-16(15)19-22-9-4-10-23-19)26-20-17-11-14(21)7-8-18(17)24-12-25-20/h2-13H,21H2,1H3,(H,24,25,26). The fourth-order valence-electron chi connectivity index (χ4n) is 2.99. The first-order valence-corrected chi connectivity index (χ1v) is 8.35. The van der Waals surface area contributed by atoms with Gasteiger partial charge < -0.3 is 11.1 Å². The molecule has 0 aliphatic heterocycles. The first kappa shape index (κ1) is 16.0. The minimum absolute atomic E-state index is 0.00506. The van der Waals surface area contributed by atoms with Crippen molar-refractivity contribution in [3.63, 3.8) is 0 Å². The lowest BCUT2D eigenvalue weighted by atomic mass is 10.0. The molecule has 0 aliphatic rings. The quantitative estimate of drug-likeness (QED) is 0.548. The first-order chi connectivity index (χ1) is 12.7. The van der Waals surface area contributed by atoms with E-state index in [1.165, 1.54) is 0 Å². The number of fused-ring (bicyclic) bond motifs is 1. The van der Waals surface area contributed by atoms with Crippen molar-refractivity contribution in [2.75, 3.05) is 11.1 Å². The van der Waals surface area contributed by atoms with Gasteiger partial charge in [0.1, 0.15) is 12.1 Å². The summed E-state index contributed by atoms with van der Waals surface area (Å²) in [7, 11) is 0. The molecule has 0 amide bonds. The minimum Gasteiger partial charge on any atom is -0.399 e. The van der Waals surface area contributed by atoms with Crippen LogP contribution in [0.15, 0.2) is 67.3 Å². The van der Waals surface area contributed by atoms with Gasteiger partial charge in [-0.05, 0) is 36.8 Å². The van der Waals surface area contributed by atoms with Crippen molar-refractivity contribution in [3.05, 3.63) is 72.8 Å². The second-order valence-electron chi connectivity index (χ2n) is 6.02. The van der Waals surface area contributed by atoms with E-state index in [0.717, 1.165) is 27.8 Å². The zero-order valence-electron chi connectivity index (χ0n) is 14.3. The minimum atomic E-state index is -0.00506. The van der Waals surface area contributed by atoms with Crippen LogP contribution >= 0.6 is 0 Å². The Morgan fingerprint density at radius 1 is 0.923 bits per heavy atom. The van der Waals surface area contributed by atoms with E-state index < -0.39 is 0 Å². The van der Waals surface area contributed by atoms with Crippen LogP contribution < -0.4 is 11.1 Å². The van der Waals surface area contributed by atoms with Crippen LogP contribution in [0.1, 0.15) is 18.5 Å². The molecule has 2 heterocycles. The third-order valence-electron chi connectivity index (χ3n) is 4.25. The molecule has 3 N–H and O–H groups in total. The fraction of sp³-hybridized carbons (Fsp3) is 0.100. The molecule has 2 aromatic heterocycles. The van der Waals surface area contributed by atoms with Gasteiger partial charge in [-0.1, -0.05) is 24.3 Å². The van der Waals surface area contributed by atoms with Crippen LogP contribution in [-0.2, 0) is 0 Å². The fourth-order valence-corrected chi connectivity index (χ4v) is 2.99. The summed E-state index contributed by atoms with van der Waals surface area (Å²) in [6.07, 6.45) is 5.05. The highest BCUT2D eigenvalue weighted by molar-refractivity contribution is 5.91. The van der Waals surface area contributed by atoms with E-state index >= 15 is 0 Å². The number of hydrogen-bond donors (Lipinski definition) is 2. The second-order valence-corrected chi connectivity index (χ2v) is 6.02. The SMILES string of the molecule is CC(Nc1ncnc2ccc(N)cc12)c1ccccc1-c1ncccn1. The molecule has 6 nitrogen and oxygen atoms in total. The Morgan fingerprint density at radius 3 is 2.58 bits per heavy atom. The molecule has 2 aromatic carbocycles. The number of aromatic nitrogens is 4. The number of nitrogen functional groups attached to an aromatic ring is 1. The van der Waals surface area contributed by atoms with Gasteiger partial charge >= 0.3 is 0 Å². The van der Waals surface area contributed by atoms with Crippen molar-refractivity contribution < 1.29 is 0 Å². The summed E-state index contributed by atoms with van der Waals surface area (Å²) in [5, 5.41) is 4.37. The molecule has 128 valence electrons. The Kier molecular flexibility index (Phi) is 4.15. The summed E-state index contributed by atoms with van der Waals surface area (Å²) in [4.78, 5) is 17.5. The Balaban J connectivity index is 1.72. The van der Waals surface area contributed by atoms with Crippen molar-refractivity contribution in [1.82, 2.24) is 19.9 Å². The van der Waals surface area contributed by atoms with Crippen LogP contribution in [0.5, 0.6) is 0 Å². The van der Waals surface area contributed by atoms with Gasteiger partial charge in [0.25, 0.3) is 0 Å². The first-order valence-electron chi connectivity index (χ1n) is 8.35. The van der Waals surface area contributed by atoms with E-state index in [2.05, 4.69) is 38.2 Å². The Labute approximate surface area is 151 Å². The second kappa shape index (κ2) is 6.76. The zero-order valence-corrected chi connectivity index (χ0v) is 14.3. The maximum Gasteiger partial charge on any atom is 0.159 e. The molecule has 0 bridgehead atoms. The highest BCUT2D eigenvalue weighted by Crippen LogP contribution is 2.30. The molecule has 0 saturated carbocycles. The van der Waals surface area contributed by atoms with Gasteiger partial charge in [-0.3, -0.25) is 0 Å². The predicted molar refractivity (Wildman–Crippen MR) is 103 cm³/mol. The normalized spacial score (nSPS) is 12.0. The van der Waals surface area contributed by atoms with Crippen LogP contribution in [0.3, 0.4) is 0 Å². The molecule has 0 radical (unpaired) electrons. The van der Waals surface area contributed by atoms with E-state index in [0.29, 0.717) is 11.5 Å². The third kappa shape index (κ3) is 3.04. The summed E-state index contributed by atoms with van der Waals surface area (Å²) in [6.45, 7) is 2.09. The van der Waals surface area contributed by atoms with E-state index in [9.17, 15) is 0 Å². The van der Waals surface area contributed by atoms with Crippen molar-refractivity contribution >= 4 is 22.4 Å². The number of nitrogens with one attached hydrogen (secondary N) is 1. The summed E-state index contributed by atoms with van der Waals surface area (Å²) in [5.74, 6) is 1.45. The van der Waals surface area contributed by atoms with Crippen molar-refractivity contribution in [2.24, 2.45) is 0 Å². The monoisotopic (exact) mass is 342 g/mol. The van der Waals surface area contributed by atoms with E-state index in [1.807, 2.05) is 42.5 Å². The zero-order chi connectivity index (χ0) is 17.9. The topological polar surface area (TPSA) is 89.6 Å². The number of anilines is 2. The molecule has 0 aliphatic carbocycles. The Morgan fingerprint density at radius 2 is 1.73 bits per heavy atom. The number of hydrogen-bond acceptors (Lipinski definition) is 6. The highest BCUT2D eigenvalue weighted by atomic mass is 15.0. The van der Waals surface area contributed by atoms with Crippen molar-refractivity contribution in [1.29, 1.82) is 0 Å². The maximum absolute atomic E-state index is 5.93. The largest absolute Gasteiger partial charge is 0.399 e. The molecule has 4 rings (SSSR count). The van der Waals surface area contributed by atoms with Gasteiger partial charge in [0.2, 0.25) is 0 Å². The molecule has 1 unspecified atom stereocenters. The molecule has 1 atom stereocenters. The smallest absolute Gasteiger partial charge is 0.159 e. The molecule has 4 aromatic rings. The van der Waals surface area contributed by atoms with Gasteiger partial charge in [-0.15, -0.1) is 0 Å². The Bertz CT molecular complexity index is 1050. The van der Waals surface area contributed by atoms with Crippen LogP contribution in [0.4, 0.5) is 11.5 Å². The van der Waals surface area contributed by atoms with Crippen molar-refractivity contribution in [3.8, 4) is 11.4 Å². The molecular formula is C20H18N6. The van der Waals surface area contributed by atoms with Crippen LogP contribution in [-0.4, -0.2) is 19.9 Å². The lowest BCUT2D eigenvalue weighted by molar-refractivity contribution is 0.875. The number of benzene rings is 2. The number of rotatable bonds is 4. The van der Waals surface area contributed by atoms with Gasteiger partial charge in [0, 0.05) is 29.0 Å². The van der Waals surface area contributed by atoms with Gasteiger partial charge in [0.15, 0.2) is 5.82 Å². The molecule has 0 saturated heterocycles. The van der Waals surface area contributed by atoms with Crippen LogP contribution in [0, 0.1) is 0 Å². The van der Waals surface area contributed by atoms with Gasteiger partial charge in [-0.25, -0.2) is 19.9 Å². The molecule has 0 spiro atoms. The van der Waals surface area contributed by atoms with E-state index in [4.69, 9.17) is 5.73 Å². The molecule has 26 heavy (non-hydrogen) atoms. The van der Waals surface area contributed by atoms with Crippen LogP contribution in [0.2, 0.25) is 0 Å². The number of nitrogens with zero attached hydrogens (tertiary/aromatic N) is 4. The predicted octanol–water partition coefficient (Wildman–Crippen LogP) is 3.84. The lowest BCUT2D eigenvalue weighted by Gasteiger charge is -2.19. The summed E-state index contributed by atoms with van der Waals surface area (Å²) in [6, 6.07) is 15.5. The Hall–Kier alpha value is -3.54. The molecule has 0 fully saturated rings. The van der Waals surface area contributed by atoms with E-state index in [-0.39, 0.29) is 6.04 Å². The summed E-state index contributed by atoms with van der Waals surface area (Å²) >= 11 is 0. The van der Waals surface area contributed by atoms with Gasteiger partial charge in [-0.2, -0.15) is 0 Å². The average molecular weight is 342 g/mol. The maximum atomic E-state index is 5.93. The molecule has 6 heteroatoms. The number of nitrogens with two attached hydrogens (primary N) is 1. The average Bonchev–Trinajstić information content (AvgIpc) is 2.69. The highest BCUT2D eigenvalue weighted by Gasteiger charge is 2.15. The van der Waals surface area contributed by atoms with Crippen LogP contribution in [0.25, 0.3) is 22.3 Å². The summed E-state index contributed by atoms with van der Waals surface area (Å²) < 4.78 is 0. The third-order valence-corrected chi connectivity index (χ3v) is 4.25. The molecular weight excluding hydrogens is 324 g/mol. The lowest BCUT2D eigenvalue weighted by Crippen LogP contribution is -2.10. The van der Waals surface area contributed by atoms with E-state index in [1.54, 1.807) is 18.7 Å².